The molecule has 0 aliphatic carbocycles. The number of thiazole rings is 1. The van der Waals surface area contributed by atoms with Gasteiger partial charge in [-0.15, -0.1) is 11.3 Å². The van der Waals surface area contributed by atoms with Gasteiger partial charge in [-0.1, -0.05) is 24.3 Å². The standard InChI is InChI=1S/C22H17N5OS/c1-13-18(17-8-3-4-11-27(17)26-13)22-25-19(20(29-22)21-23-9-10-24-21)16-7-5-6-15(12-16)14(2)28/h3-9,11-12H,10H2,1-2H3. The highest BCUT2D eigenvalue weighted by atomic mass is 32.1. The zero-order valence-corrected chi connectivity index (χ0v) is 16.8. The Morgan fingerprint density at radius 3 is 2.86 bits per heavy atom. The van der Waals surface area contributed by atoms with E-state index in [2.05, 4.69) is 15.1 Å². The number of fused-ring (bicyclic) bond motifs is 1. The van der Waals surface area contributed by atoms with Gasteiger partial charge in [0.1, 0.15) is 5.01 Å². The molecule has 1 aliphatic rings. The predicted octanol–water partition coefficient (Wildman–Crippen LogP) is 4.47. The Bertz CT molecular complexity index is 1330. The number of rotatable bonds is 4. The summed E-state index contributed by atoms with van der Waals surface area (Å²) in [6, 6.07) is 13.5. The first-order valence-corrected chi connectivity index (χ1v) is 10.1. The maximum absolute atomic E-state index is 11.9. The Balaban J connectivity index is 1.74. The maximum atomic E-state index is 11.9. The summed E-state index contributed by atoms with van der Waals surface area (Å²) in [4.78, 5) is 26.7. The highest BCUT2D eigenvalue weighted by molar-refractivity contribution is 7.17. The van der Waals surface area contributed by atoms with Gasteiger partial charge in [0.2, 0.25) is 0 Å². The summed E-state index contributed by atoms with van der Waals surface area (Å²) >= 11 is 1.56. The van der Waals surface area contributed by atoms with E-state index in [-0.39, 0.29) is 5.78 Å². The Kier molecular flexibility index (Phi) is 4.17. The molecule has 0 fully saturated rings. The van der Waals surface area contributed by atoms with Gasteiger partial charge in [-0.2, -0.15) is 5.10 Å². The minimum Gasteiger partial charge on any atom is -0.295 e. The van der Waals surface area contributed by atoms with Gasteiger partial charge < -0.3 is 0 Å². The van der Waals surface area contributed by atoms with Crippen molar-refractivity contribution in [3.8, 4) is 21.8 Å². The SMILES string of the molecule is CC(=O)c1cccc(-c2nc(-c3c(C)nn4ccccc34)sc2C2=NCC=N2)c1. The van der Waals surface area contributed by atoms with Crippen LogP contribution in [0, 0.1) is 6.92 Å². The molecule has 142 valence electrons. The largest absolute Gasteiger partial charge is 0.295 e. The van der Waals surface area contributed by atoms with Gasteiger partial charge in [0, 0.05) is 23.5 Å². The summed E-state index contributed by atoms with van der Waals surface area (Å²) in [5.74, 6) is 0.713. The Morgan fingerprint density at radius 1 is 1.17 bits per heavy atom. The summed E-state index contributed by atoms with van der Waals surface area (Å²) < 4.78 is 1.87. The van der Waals surface area contributed by atoms with Crippen molar-refractivity contribution in [1.29, 1.82) is 0 Å². The first-order valence-electron chi connectivity index (χ1n) is 9.25. The number of aryl methyl sites for hydroxylation is 1. The van der Waals surface area contributed by atoms with Gasteiger partial charge in [0.15, 0.2) is 11.6 Å². The molecule has 0 bridgehead atoms. The van der Waals surface area contributed by atoms with E-state index in [9.17, 15) is 4.79 Å². The van der Waals surface area contributed by atoms with E-state index in [1.165, 1.54) is 0 Å². The van der Waals surface area contributed by atoms with Gasteiger partial charge >= 0.3 is 0 Å². The van der Waals surface area contributed by atoms with Gasteiger partial charge in [0.05, 0.1) is 33.9 Å². The number of nitrogens with zero attached hydrogens (tertiary/aromatic N) is 5. The number of carbonyl (C=O) groups excluding carboxylic acids is 1. The highest BCUT2D eigenvalue weighted by Gasteiger charge is 2.23. The molecule has 1 aromatic carbocycles. The molecule has 7 heteroatoms. The minimum absolute atomic E-state index is 0.0264. The van der Waals surface area contributed by atoms with Crippen LogP contribution in [0.4, 0.5) is 0 Å². The number of aliphatic imine (C=N–C) groups is 2. The van der Waals surface area contributed by atoms with E-state index in [1.807, 2.05) is 60.1 Å². The lowest BCUT2D eigenvalue weighted by Crippen LogP contribution is -1.96. The van der Waals surface area contributed by atoms with E-state index < -0.39 is 0 Å². The number of aromatic nitrogens is 3. The number of carbonyl (C=O) groups is 1. The average Bonchev–Trinajstić information content (AvgIpc) is 3.45. The summed E-state index contributed by atoms with van der Waals surface area (Å²) in [7, 11) is 0. The molecule has 0 atom stereocenters. The van der Waals surface area contributed by atoms with Crippen LogP contribution < -0.4 is 0 Å². The predicted molar refractivity (Wildman–Crippen MR) is 116 cm³/mol. The van der Waals surface area contributed by atoms with Crippen LogP contribution >= 0.6 is 11.3 Å². The number of ketones is 1. The normalized spacial score (nSPS) is 13.2. The molecule has 1 aliphatic heterocycles. The molecule has 0 saturated heterocycles. The summed E-state index contributed by atoms with van der Waals surface area (Å²) in [6.07, 6.45) is 3.73. The Labute approximate surface area is 171 Å². The van der Waals surface area contributed by atoms with Crippen LogP contribution in [0.1, 0.15) is 27.9 Å². The Hall–Kier alpha value is -3.45. The fourth-order valence-corrected chi connectivity index (χ4v) is 4.62. The second kappa shape index (κ2) is 6.86. The smallest absolute Gasteiger partial charge is 0.167 e. The van der Waals surface area contributed by atoms with Crippen molar-refractivity contribution in [1.82, 2.24) is 14.6 Å². The number of pyridine rings is 1. The molecule has 5 rings (SSSR count). The second-order valence-electron chi connectivity index (χ2n) is 6.80. The van der Waals surface area contributed by atoms with Crippen LogP contribution in [0.25, 0.3) is 27.3 Å². The molecule has 4 heterocycles. The molecule has 0 N–H and O–H groups in total. The highest BCUT2D eigenvalue weighted by Crippen LogP contribution is 2.38. The van der Waals surface area contributed by atoms with Gasteiger partial charge in [0.25, 0.3) is 0 Å². The van der Waals surface area contributed by atoms with Crippen molar-refractivity contribution in [2.24, 2.45) is 9.98 Å². The minimum atomic E-state index is 0.0264. The zero-order valence-electron chi connectivity index (χ0n) is 16.0. The number of Topliss-reactive ketones (excluding diaryl/α,β-unsaturated/α-hetero) is 1. The average molecular weight is 399 g/mol. The van der Waals surface area contributed by atoms with Crippen molar-refractivity contribution in [3.63, 3.8) is 0 Å². The van der Waals surface area contributed by atoms with E-state index in [4.69, 9.17) is 4.98 Å². The molecule has 0 unspecified atom stereocenters. The third-order valence-electron chi connectivity index (χ3n) is 4.84. The molecule has 0 radical (unpaired) electrons. The van der Waals surface area contributed by atoms with Crippen LogP contribution in [0.15, 0.2) is 58.6 Å². The monoisotopic (exact) mass is 399 g/mol. The third kappa shape index (κ3) is 3.00. The van der Waals surface area contributed by atoms with Gasteiger partial charge in [-0.3, -0.25) is 9.79 Å². The molecule has 3 aromatic heterocycles. The quantitative estimate of drug-likeness (QED) is 0.476. The summed E-state index contributed by atoms with van der Waals surface area (Å²) in [6.45, 7) is 4.14. The molecule has 0 saturated carbocycles. The molecular weight excluding hydrogens is 382 g/mol. The lowest BCUT2D eigenvalue weighted by Gasteiger charge is -2.03. The number of amidine groups is 1. The molecule has 6 nitrogen and oxygen atoms in total. The lowest BCUT2D eigenvalue weighted by atomic mass is 10.0. The van der Waals surface area contributed by atoms with Crippen LogP contribution in [-0.4, -0.2) is 39.0 Å². The van der Waals surface area contributed by atoms with Crippen LogP contribution in [0.3, 0.4) is 0 Å². The van der Waals surface area contributed by atoms with Crippen molar-refractivity contribution in [3.05, 3.63) is 64.8 Å². The first kappa shape index (κ1) is 17.6. The molecular formula is C22H17N5OS. The van der Waals surface area contributed by atoms with Gasteiger partial charge in [-0.25, -0.2) is 14.5 Å². The first-order chi connectivity index (χ1) is 14.1. The molecule has 29 heavy (non-hydrogen) atoms. The van der Waals surface area contributed by atoms with Crippen molar-refractivity contribution in [2.75, 3.05) is 6.54 Å². The van der Waals surface area contributed by atoms with Crippen molar-refractivity contribution < 1.29 is 4.79 Å². The number of hydrogen-bond acceptors (Lipinski definition) is 6. The summed E-state index contributed by atoms with van der Waals surface area (Å²) in [5.41, 5.74) is 5.26. The van der Waals surface area contributed by atoms with E-state index in [1.54, 1.807) is 24.5 Å². The fourth-order valence-electron chi connectivity index (χ4n) is 3.47. The van der Waals surface area contributed by atoms with E-state index in [0.29, 0.717) is 17.9 Å². The molecule has 0 amide bonds. The van der Waals surface area contributed by atoms with Crippen molar-refractivity contribution in [2.45, 2.75) is 13.8 Å². The summed E-state index contributed by atoms with van der Waals surface area (Å²) in [5, 5.41) is 5.48. The molecule has 4 aromatic rings. The van der Waals surface area contributed by atoms with Crippen LogP contribution in [0.2, 0.25) is 0 Å². The fraction of sp³-hybridized carbons (Fsp3) is 0.136. The van der Waals surface area contributed by atoms with Gasteiger partial charge in [-0.05, 0) is 32.0 Å². The van der Waals surface area contributed by atoms with Crippen molar-refractivity contribution >= 4 is 34.7 Å². The second-order valence-corrected chi connectivity index (χ2v) is 7.80. The third-order valence-corrected chi connectivity index (χ3v) is 5.91. The lowest BCUT2D eigenvalue weighted by molar-refractivity contribution is 0.101. The number of hydrogen-bond donors (Lipinski definition) is 0. The zero-order chi connectivity index (χ0) is 20.0. The number of benzene rings is 1. The van der Waals surface area contributed by atoms with Crippen LogP contribution in [0.5, 0.6) is 0 Å². The van der Waals surface area contributed by atoms with Crippen LogP contribution in [-0.2, 0) is 0 Å². The topological polar surface area (TPSA) is 72.0 Å². The Morgan fingerprint density at radius 2 is 2.07 bits per heavy atom. The van der Waals surface area contributed by atoms with E-state index in [0.717, 1.165) is 37.9 Å². The molecule has 0 spiro atoms. The maximum Gasteiger partial charge on any atom is 0.167 e. The van der Waals surface area contributed by atoms with E-state index >= 15 is 0 Å².